The van der Waals surface area contributed by atoms with E-state index >= 15 is 0 Å². The minimum absolute atomic E-state index is 0.726. The van der Waals surface area contributed by atoms with Crippen LogP contribution in [-0.4, -0.2) is 0 Å². The zero-order valence-corrected chi connectivity index (χ0v) is 13.4. The van der Waals surface area contributed by atoms with E-state index in [2.05, 4.69) is 27.7 Å². The molecule has 8 unspecified atom stereocenters. The molecule has 0 bridgehead atoms. The molecule has 0 saturated heterocycles. The van der Waals surface area contributed by atoms with E-state index in [4.69, 9.17) is 0 Å². The lowest BCUT2D eigenvalue weighted by atomic mass is 9.68. The molecule has 0 spiro atoms. The molecule has 0 heterocycles. The van der Waals surface area contributed by atoms with E-state index in [9.17, 15) is 0 Å². The number of fused-ring (bicyclic) bond motifs is 5. The summed E-state index contributed by atoms with van der Waals surface area (Å²) < 4.78 is 0. The molecule has 0 heteroatoms. The van der Waals surface area contributed by atoms with Gasteiger partial charge in [0, 0.05) is 0 Å². The first-order chi connectivity index (χ1) is 8.99. The Balaban J connectivity index is 1.66. The van der Waals surface area contributed by atoms with Gasteiger partial charge in [0.2, 0.25) is 0 Å². The predicted octanol–water partition coefficient (Wildman–Crippen LogP) is 5.52. The molecule has 19 heavy (non-hydrogen) atoms. The number of hydrogen-bond acceptors (Lipinski definition) is 0. The second-order valence-corrected chi connectivity index (χ2v) is 9.25. The lowest BCUT2D eigenvalue weighted by molar-refractivity contribution is 0.125. The van der Waals surface area contributed by atoms with Crippen LogP contribution in [0, 0.1) is 46.3 Å². The molecule has 8 atom stereocenters. The van der Waals surface area contributed by atoms with Crippen LogP contribution in [0.4, 0.5) is 0 Å². The van der Waals surface area contributed by atoms with E-state index in [1.54, 1.807) is 38.5 Å². The molecule has 0 N–H and O–H groups in total. The van der Waals surface area contributed by atoms with E-state index < -0.39 is 0 Å². The van der Waals surface area contributed by atoms with Crippen LogP contribution in [0.25, 0.3) is 0 Å². The van der Waals surface area contributed by atoms with Crippen molar-refractivity contribution in [3.05, 3.63) is 0 Å². The van der Waals surface area contributed by atoms with Crippen molar-refractivity contribution in [3.63, 3.8) is 0 Å². The first-order valence-electron chi connectivity index (χ1n) is 8.99. The number of hydrogen-bond donors (Lipinski definition) is 0. The first kappa shape index (κ1) is 12.7. The Morgan fingerprint density at radius 3 is 2.47 bits per heavy atom. The Hall–Kier alpha value is 0. The Kier molecular flexibility index (Phi) is 2.54. The van der Waals surface area contributed by atoms with Crippen molar-refractivity contribution in [2.24, 2.45) is 46.3 Å². The van der Waals surface area contributed by atoms with Crippen LogP contribution >= 0.6 is 0 Å². The lowest BCUT2D eigenvalue weighted by Gasteiger charge is -2.36. The maximum atomic E-state index is 2.68. The fourth-order valence-electron chi connectivity index (χ4n) is 7.89. The van der Waals surface area contributed by atoms with Crippen molar-refractivity contribution in [2.75, 3.05) is 0 Å². The second-order valence-electron chi connectivity index (χ2n) is 9.25. The Morgan fingerprint density at radius 1 is 0.947 bits per heavy atom. The maximum absolute atomic E-state index is 2.68. The average molecular weight is 260 g/mol. The van der Waals surface area contributed by atoms with Crippen molar-refractivity contribution in [3.8, 4) is 0 Å². The molecule has 0 amide bonds. The quantitative estimate of drug-likeness (QED) is 0.582. The molecule has 0 radical (unpaired) electrons. The molecule has 4 aliphatic carbocycles. The second kappa shape index (κ2) is 3.80. The van der Waals surface area contributed by atoms with E-state index in [0.717, 1.165) is 46.3 Å². The Labute approximate surface area is 119 Å². The molecule has 0 aromatic rings. The summed E-state index contributed by atoms with van der Waals surface area (Å²) in [6.07, 6.45) is 10.8. The van der Waals surface area contributed by atoms with Crippen LogP contribution in [-0.2, 0) is 0 Å². The highest BCUT2D eigenvalue weighted by Crippen LogP contribution is 2.74. The van der Waals surface area contributed by atoms with Gasteiger partial charge in [-0.05, 0) is 84.9 Å². The Morgan fingerprint density at radius 2 is 1.74 bits per heavy atom. The fraction of sp³-hybridized carbons (Fsp3) is 1.00. The zero-order chi connectivity index (χ0) is 13.4. The van der Waals surface area contributed by atoms with Crippen molar-refractivity contribution < 1.29 is 0 Å². The SMILES string of the molecule is CCC1CCC2C3CC4CC(C)CC4(C)C3CC12C. The lowest BCUT2D eigenvalue weighted by Crippen LogP contribution is -2.29. The third-order valence-corrected chi connectivity index (χ3v) is 8.60. The third-order valence-electron chi connectivity index (χ3n) is 8.60. The van der Waals surface area contributed by atoms with Gasteiger partial charge in [0.05, 0.1) is 0 Å². The molecule has 4 fully saturated rings. The van der Waals surface area contributed by atoms with Gasteiger partial charge in [-0.1, -0.05) is 34.1 Å². The zero-order valence-electron chi connectivity index (χ0n) is 13.4. The third kappa shape index (κ3) is 1.42. The standard InChI is InChI=1S/C19H32/c1-5-13-6-7-16-15-9-14-8-12(2)10-18(14,3)17(15)11-19(13,16)4/h12-17H,5-11H2,1-4H3. The molecular formula is C19H32. The number of rotatable bonds is 1. The summed E-state index contributed by atoms with van der Waals surface area (Å²) in [6.45, 7) is 10.3. The monoisotopic (exact) mass is 260 g/mol. The molecule has 0 aromatic heterocycles. The van der Waals surface area contributed by atoms with Crippen LogP contribution in [0.1, 0.15) is 72.6 Å². The summed E-state index contributed by atoms with van der Waals surface area (Å²) in [5.41, 5.74) is 1.46. The summed E-state index contributed by atoms with van der Waals surface area (Å²) in [4.78, 5) is 0. The topological polar surface area (TPSA) is 0 Å². The van der Waals surface area contributed by atoms with Crippen molar-refractivity contribution in [1.82, 2.24) is 0 Å². The van der Waals surface area contributed by atoms with Gasteiger partial charge in [-0.3, -0.25) is 0 Å². The summed E-state index contributed by atoms with van der Waals surface area (Å²) in [6, 6.07) is 0. The van der Waals surface area contributed by atoms with Gasteiger partial charge in [-0.2, -0.15) is 0 Å². The Bertz CT molecular complexity index is 385. The smallest absolute Gasteiger partial charge is 0.0264 e. The molecule has 0 aliphatic heterocycles. The fourth-order valence-corrected chi connectivity index (χ4v) is 7.89. The van der Waals surface area contributed by atoms with E-state index in [-0.39, 0.29) is 0 Å². The molecule has 108 valence electrons. The van der Waals surface area contributed by atoms with Crippen LogP contribution in [0.2, 0.25) is 0 Å². The van der Waals surface area contributed by atoms with Crippen LogP contribution in [0.5, 0.6) is 0 Å². The summed E-state index contributed by atoms with van der Waals surface area (Å²) in [5.74, 6) is 6.44. The van der Waals surface area contributed by atoms with E-state index in [1.807, 2.05) is 0 Å². The van der Waals surface area contributed by atoms with Gasteiger partial charge >= 0.3 is 0 Å². The largest absolute Gasteiger partial charge is 0.0651 e. The van der Waals surface area contributed by atoms with Crippen LogP contribution < -0.4 is 0 Å². The highest BCUT2D eigenvalue weighted by molar-refractivity contribution is 5.15. The molecule has 0 nitrogen and oxygen atoms in total. The highest BCUT2D eigenvalue weighted by Gasteiger charge is 2.66. The van der Waals surface area contributed by atoms with Crippen LogP contribution in [0.3, 0.4) is 0 Å². The van der Waals surface area contributed by atoms with Gasteiger partial charge in [0.1, 0.15) is 0 Å². The van der Waals surface area contributed by atoms with Gasteiger partial charge in [-0.25, -0.2) is 0 Å². The van der Waals surface area contributed by atoms with E-state index in [1.165, 1.54) is 6.42 Å². The molecule has 4 rings (SSSR count). The molecule has 4 saturated carbocycles. The van der Waals surface area contributed by atoms with E-state index in [0.29, 0.717) is 0 Å². The minimum Gasteiger partial charge on any atom is -0.0651 e. The van der Waals surface area contributed by atoms with Crippen LogP contribution in [0.15, 0.2) is 0 Å². The predicted molar refractivity (Wildman–Crippen MR) is 80.8 cm³/mol. The van der Waals surface area contributed by atoms with Crippen molar-refractivity contribution >= 4 is 0 Å². The normalized spacial score (nSPS) is 63.2. The summed E-state index contributed by atoms with van der Waals surface area (Å²) >= 11 is 0. The average Bonchev–Trinajstić information content (AvgIpc) is 2.95. The van der Waals surface area contributed by atoms with Gasteiger partial charge < -0.3 is 0 Å². The maximum Gasteiger partial charge on any atom is -0.0264 e. The molecule has 0 aromatic carbocycles. The first-order valence-corrected chi connectivity index (χ1v) is 8.99. The molecule has 4 aliphatic rings. The van der Waals surface area contributed by atoms with Gasteiger partial charge in [-0.15, -0.1) is 0 Å². The van der Waals surface area contributed by atoms with Gasteiger partial charge in [0.15, 0.2) is 0 Å². The minimum atomic E-state index is 0.726. The van der Waals surface area contributed by atoms with Crippen molar-refractivity contribution in [2.45, 2.75) is 72.6 Å². The molecular weight excluding hydrogens is 228 g/mol. The summed E-state index contributed by atoms with van der Waals surface area (Å²) in [7, 11) is 0. The summed E-state index contributed by atoms with van der Waals surface area (Å²) in [5, 5.41) is 0. The van der Waals surface area contributed by atoms with Crippen molar-refractivity contribution in [1.29, 1.82) is 0 Å². The van der Waals surface area contributed by atoms with Gasteiger partial charge in [0.25, 0.3) is 0 Å². The highest BCUT2D eigenvalue weighted by atomic mass is 14.7.